The lowest BCUT2D eigenvalue weighted by molar-refractivity contribution is -0.139. The molecule has 2 aromatic carbocycles. The van der Waals surface area contributed by atoms with Gasteiger partial charge in [0.15, 0.2) is 0 Å². The summed E-state index contributed by atoms with van der Waals surface area (Å²) in [5.74, 6) is -0.0945. The summed E-state index contributed by atoms with van der Waals surface area (Å²) in [7, 11) is -2.19. The van der Waals surface area contributed by atoms with Gasteiger partial charge in [-0.25, -0.2) is 8.42 Å². The fourth-order valence-electron chi connectivity index (χ4n) is 3.68. The number of sulfonamides is 1. The summed E-state index contributed by atoms with van der Waals surface area (Å²) in [6.07, 6.45) is 1.82. The number of carbonyl (C=O) groups is 2. The first-order valence-electron chi connectivity index (χ1n) is 11.6. The fraction of sp³-hybridized carbons (Fsp3) is 0.462. The number of anilines is 1. The van der Waals surface area contributed by atoms with Gasteiger partial charge in [0, 0.05) is 12.6 Å². The van der Waals surface area contributed by atoms with Gasteiger partial charge in [0.1, 0.15) is 18.3 Å². The number of carbonyl (C=O) groups excluding carboxylic acids is 2. The number of aryl methyl sites for hydroxylation is 2. The maximum atomic E-state index is 13.6. The van der Waals surface area contributed by atoms with E-state index in [0.29, 0.717) is 11.4 Å². The van der Waals surface area contributed by atoms with Crippen molar-refractivity contribution in [2.75, 3.05) is 24.2 Å². The molecule has 0 saturated carbocycles. The van der Waals surface area contributed by atoms with Crippen molar-refractivity contribution in [3.63, 3.8) is 0 Å². The number of hydrogen-bond donors (Lipinski definition) is 1. The summed E-state index contributed by atoms with van der Waals surface area (Å²) in [6, 6.07) is 11.7. The van der Waals surface area contributed by atoms with Crippen LogP contribution in [0.15, 0.2) is 42.5 Å². The summed E-state index contributed by atoms with van der Waals surface area (Å²) in [4.78, 5) is 27.9. The predicted octanol–water partition coefficient (Wildman–Crippen LogP) is 3.41. The first-order valence-corrected chi connectivity index (χ1v) is 13.5. The van der Waals surface area contributed by atoms with Crippen LogP contribution in [0, 0.1) is 13.8 Å². The lowest BCUT2D eigenvalue weighted by atomic mass is 10.1. The highest BCUT2D eigenvalue weighted by Gasteiger charge is 2.30. The largest absolute Gasteiger partial charge is 0.497 e. The Labute approximate surface area is 209 Å². The lowest BCUT2D eigenvalue weighted by Gasteiger charge is -2.32. The van der Waals surface area contributed by atoms with Gasteiger partial charge in [-0.2, -0.15) is 0 Å². The predicted molar refractivity (Wildman–Crippen MR) is 139 cm³/mol. The van der Waals surface area contributed by atoms with E-state index in [1.54, 1.807) is 38.3 Å². The number of rotatable bonds is 11. The summed E-state index contributed by atoms with van der Waals surface area (Å²) in [5.41, 5.74) is 2.98. The maximum absolute atomic E-state index is 13.6. The van der Waals surface area contributed by atoms with Gasteiger partial charge >= 0.3 is 0 Å². The van der Waals surface area contributed by atoms with Crippen LogP contribution in [-0.4, -0.2) is 57.1 Å². The average molecular weight is 504 g/mol. The van der Waals surface area contributed by atoms with Crippen molar-refractivity contribution in [1.82, 2.24) is 10.2 Å². The molecule has 35 heavy (non-hydrogen) atoms. The number of nitrogens with zero attached hydrogens (tertiary/aromatic N) is 2. The molecule has 0 heterocycles. The Kier molecular flexibility index (Phi) is 9.71. The lowest BCUT2D eigenvalue weighted by Crippen LogP contribution is -2.52. The second-order valence-corrected chi connectivity index (χ2v) is 10.9. The van der Waals surface area contributed by atoms with Crippen LogP contribution in [-0.2, 0) is 26.2 Å². The van der Waals surface area contributed by atoms with Gasteiger partial charge < -0.3 is 15.0 Å². The maximum Gasteiger partial charge on any atom is 0.244 e. The van der Waals surface area contributed by atoms with Crippen LogP contribution in [0.25, 0.3) is 0 Å². The normalized spacial score (nSPS) is 13.0. The fourth-order valence-corrected chi connectivity index (χ4v) is 4.52. The van der Waals surface area contributed by atoms with Crippen molar-refractivity contribution < 1.29 is 22.7 Å². The van der Waals surface area contributed by atoms with Gasteiger partial charge in [-0.15, -0.1) is 0 Å². The molecule has 9 heteroatoms. The zero-order valence-corrected chi connectivity index (χ0v) is 22.5. The molecule has 1 N–H and O–H groups in total. The van der Waals surface area contributed by atoms with E-state index in [2.05, 4.69) is 5.32 Å². The minimum Gasteiger partial charge on any atom is -0.497 e. The highest BCUT2D eigenvalue weighted by molar-refractivity contribution is 7.92. The van der Waals surface area contributed by atoms with Crippen LogP contribution in [0.3, 0.4) is 0 Å². The topological polar surface area (TPSA) is 96.0 Å². The Balaban J connectivity index is 2.41. The van der Waals surface area contributed by atoms with E-state index >= 15 is 0 Å². The van der Waals surface area contributed by atoms with Gasteiger partial charge in [0.25, 0.3) is 0 Å². The Morgan fingerprint density at radius 1 is 1.03 bits per heavy atom. The van der Waals surface area contributed by atoms with Gasteiger partial charge in [-0.1, -0.05) is 25.1 Å². The Hall–Kier alpha value is -3.07. The van der Waals surface area contributed by atoms with E-state index in [1.807, 2.05) is 45.9 Å². The standard InChI is InChI=1S/C26H37N3O5S/c1-8-20(4)27-26(31)21(5)28(16-22-9-11-24(34-6)12-10-22)25(30)17-29(35(7,32)33)23-14-18(2)13-19(3)15-23/h9-15,20-21H,8,16-17H2,1-7H3,(H,27,31)/t20-,21-/m1/s1. The molecule has 0 fully saturated rings. The number of benzene rings is 2. The van der Waals surface area contributed by atoms with Crippen molar-refractivity contribution in [2.45, 2.75) is 59.7 Å². The molecule has 0 aliphatic carbocycles. The molecule has 0 radical (unpaired) electrons. The average Bonchev–Trinajstić information content (AvgIpc) is 2.79. The van der Waals surface area contributed by atoms with Gasteiger partial charge in [0.05, 0.1) is 19.1 Å². The minimum absolute atomic E-state index is 0.0503. The molecule has 2 atom stereocenters. The third-order valence-electron chi connectivity index (χ3n) is 5.85. The molecule has 0 aromatic heterocycles. The van der Waals surface area contributed by atoms with Gasteiger partial charge in [0.2, 0.25) is 21.8 Å². The van der Waals surface area contributed by atoms with Crippen LogP contribution < -0.4 is 14.4 Å². The van der Waals surface area contributed by atoms with Crippen molar-refractivity contribution in [1.29, 1.82) is 0 Å². The Bertz CT molecular complexity index is 1110. The molecule has 0 saturated heterocycles. The van der Waals surface area contributed by atoms with Crippen molar-refractivity contribution in [3.8, 4) is 5.75 Å². The van der Waals surface area contributed by atoms with Gasteiger partial charge in [-0.3, -0.25) is 13.9 Å². The number of hydrogen-bond acceptors (Lipinski definition) is 5. The molecule has 0 spiro atoms. The van der Waals surface area contributed by atoms with E-state index < -0.39 is 28.5 Å². The minimum atomic E-state index is -3.76. The molecule has 0 aliphatic rings. The zero-order chi connectivity index (χ0) is 26.3. The monoisotopic (exact) mass is 503 g/mol. The molecule has 0 bridgehead atoms. The number of methoxy groups -OCH3 is 1. The summed E-state index contributed by atoms with van der Waals surface area (Å²) < 4.78 is 31.7. The number of ether oxygens (including phenoxy) is 1. The van der Waals surface area contributed by atoms with Crippen LogP contribution in [0.4, 0.5) is 5.69 Å². The van der Waals surface area contributed by atoms with E-state index in [1.165, 1.54) is 4.90 Å². The smallest absolute Gasteiger partial charge is 0.244 e. The SMILES string of the molecule is CC[C@@H](C)NC(=O)[C@@H](C)N(Cc1ccc(OC)cc1)C(=O)CN(c1cc(C)cc(C)c1)S(C)(=O)=O. The summed E-state index contributed by atoms with van der Waals surface area (Å²) >= 11 is 0. The van der Waals surface area contributed by atoms with Gasteiger partial charge in [-0.05, 0) is 75.1 Å². The van der Waals surface area contributed by atoms with Crippen LogP contribution in [0.5, 0.6) is 5.75 Å². The molecular formula is C26H37N3O5S. The molecule has 8 nitrogen and oxygen atoms in total. The quantitative estimate of drug-likeness (QED) is 0.507. The molecule has 0 unspecified atom stereocenters. The van der Waals surface area contributed by atoms with E-state index in [4.69, 9.17) is 4.74 Å². The highest BCUT2D eigenvalue weighted by atomic mass is 32.2. The van der Waals surface area contributed by atoms with Crippen LogP contribution >= 0.6 is 0 Å². The number of amides is 2. The Morgan fingerprint density at radius 2 is 1.60 bits per heavy atom. The molecule has 0 aliphatic heterocycles. The second kappa shape index (κ2) is 12.1. The van der Waals surface area contributed by atoms with E-state index in [9.17, 15) is 18.0 Å². The first kappa shape index (κ1) is 28.2. The molecule has 2 aromatic rings. The third kappa shape index (κ3) is 7.99. The number of nitrogens with one attached hydrogen (secondary N) is 1. The van der Waals surface area contributed by atoms with Crippen molar-refractivity contribution >= 4 is 27.5 Å². The molecule has 192 valence electrons. The van der Waals surface area contributed by atoms with Crippen LogP contribution in [0.2, 0.25) is 0 Å². The molecule has 2 rings (SSSR count). The van der Waals surface area contributed by atoms with Crippen molar-refractivity contribution in [2.24, 2.45) is 0 Å². The van der Waals surface area contributed by atoms with Crippen LogP contribution in [0.1, 0.15) is 43.9 Å². The summed E-state index contributed by atoms with van der Waals surface area (Å²) in [6.45, 7) is 8.98. The van der Waals surface area contributed by atoms with Crippen molar-refractivity contribution in [3.05, 3.63) is 59.2 Å². The van der Waals surface area contributed by atoms with E-state index in [-0.39, 0.29) is 18.5 Å². The third-order valence-corrected chi connectivity index (χ3v) is 6.99. The van der Waals surface area contributed by atoms with E-state index in [0.717, 1.165) is 33.7 Å². The summed E-state index contributed by atoms with van der Waals surface area (Å²) in [5, 5.41) is 2.91. The highest BCUT2D eigenvalue weighted by Crippen LogP contribution is 2.22. The Morgan fingerprint density at radius 3 is 2.09 bits per heavy atom. The zero-order valence-electron chi connectivity index (χ0n) is 21.7. The molecule has 2 amide bonds. The molecular weight excluding hydrogens is 466 g/mol. The first-order chi connectivity index (χ1) is 16.3. The second-order valence-electron chi connectivity index (χ2n) is 8.98.